The predicted molar refractivity (Wildman–Crippen MR) is 334 cm³/mol. The molecular weight excluding hydrogens is 953 g/mol. The number of allylic oxidation sites excluding steroid dienone is 12. The Morgan fingerprint density at radius 2 is 0.623 bits per heavy atom. The summed E-state index contributed by atoms with van der Waals surface area (Å²) in [5, 5.41) is 0. The van der Waals surface area contributed by atoms with Crippen molar-refractivity contribution in [3.8, 4) is 0 Å². The molecule has 0 saturated heterocycles. The number of hydrogen-bond acceptors (Lipinski definition) is 7. The molecule has 0 aliphatic heterocycles. The van der Waals surface area contributed by atoms with E-state index in [0.29, 0.717) is 39.1 Å². The molecule has 0 aliphatic carbocycles. The molecule has 7 nitrogen and oxygen atoms in total. The van der Waals surface area contributed by atoms with Crippen molar-refractivity contribution < 1.29 is 33.2 Å². The van der Waals surface area contributed by atoms with Crippen molar-refractivity contribution in [3.05, 3.63) is 72.9 Å². The van der Waals surface area contributed by atoms with Crippen molar-refractivity contribution in [1.82, 2.24) is 0 Å². The summed E-state index contributed by atoms with van der Waals surface area (Å²) in [5.41, 5.74) is 0. The van der Waals surface area contributed by atoms with E-state index < -0.39 is 0 Å². The molecule has 0 aromatic heterocycles. The molecule has 77 heavy (non-hydrogen) atoms. The Bertz CT molecular complexity index is 1260. The van der Waals surface area contributed by atoms with Crippen LogP contribution in [-0.4, -0.2) is 65.3 Å². The summed E-state index contributed by atoms with van der Waals surface area (Å²) in [5.74, 6) is 0.335. The molecule has 0 aliphatic rings. The molecule has 450 valence electrons. The highest BCUT2D eigenvalue weighted by atomic mass is 16.7. The first kappa shape index (κ1) is 74.7. The number of esters is 1. The highest BCUT2D eigenvalue weighted by molar-refractivity contribution is 5.69. The summed E-state index contributed by atoms with van der Waals surface area (Å²) in [6.45, 7) is 14.0. The van der Waals surface area contributed by atoms with Crippen molar-refractivity contribution in [2.24, 2.45) is 5.92 Å². The minimum atomic E-state index is -0.136. The van der Waals surface area contributed by atoms with Crippen molar-refractivity contribution in [3.63, 3.8) is 0 Å². The van der Waals surface area contributed by atoms with Crippen LogP contribution in [0.2, 0.25) is 0 Å². The van der Waals surface area contributed by atoms with E-state index in [2.05, 4.69) is 101 Å². The first-order valence-electron chi connectivity index (χ1n) is 33.1. The highest BCUT2D eigenvalue weighted by Gasteiger charge is 2.15. The van der Waals surface area contributed by atoms with Gasteiger partial charge in [0.1, 0.15) is 19.7 Å². The van der Waals surface area contributed by atoms with Gasteiger partial charge in [0.2, 0.25) is 0 Å². The third-order valence-electron chi connectivity index (χ3n) is 14.2. The van der Waals surface area contributed by atoms with Crippen molar-refractivity contribution >= 4 is 5.97 Å². The fraction of sp³-hybridized carbons (Fsp3) is 0.814. The smallest absolute Gasteiger partial charge is 0.306 e. The van der Waals surface area contributed by atoms with Crippen LogP contribution in [0.5, 0.6) is 0 Å². The Morgan fingerprint density at radius 1 is 0.325 bits per heavy atom. The molecule has 0 heterocycles. The molecule has 0 radical (unpaired) electrons. The van der Waals surface area contributed by atoms with Crippen LogP contribution in [0.15, 0.2) is 72.9 Å². The Hall–Kier alpha value is -2.29. The zero-order valence-electron chi connectivity index (χ0n) is 51.5. The zero-order chi connectivity index (χ0) is 55.5. The van der Waals surface area contributed by atoms with Crippen LogP contribution in [-0.2, 0) is 33.2 Å². The van der Waals surface area contributed by atoms with Gasteiger partial charge in [-0.3, -0.25) is 4.79 Å². The van der Waals surface area contributed by atoms with Crippen molar-refractivity contribution in [2.75, 3.05) is 53.2 Å². The summed E-state index contributed by atoms with van der Waals surface area (Å²) < 4.78 is 35.3. The average Bonchev–Trinajstić information content (AvgIpc) is 3.43. The number of rotatable bonds is 64. The predicted octanol–water partition coefficient (Wildman–Crippen LogP) is 21.7. The second-order valence-corrected chi connectivity index (χ2v) is 22.1. The SMILES string of the molecule is CCCCC/C=C\C/C=C\CCCCCCCCOCOCCCC(CCCOCOCCCCCCCC/C=C\C/C=C\CCCCC)OC(=O)CCCC(C)COCCCCCCCC/C=C\C/C=C\CCCCC. The summed E-state index contributed by atoms with van der Waals surface area (Å²) in [4.78, 5) is 13.0. The van der Waals surface area contributed by atoms with Gasteiger partial charge in [0.25, 0.3) is 0 Å². The lowest BCUT2D eigenvalue weighted by Crippen LogP contribution is -2.20. The Balaban J connectivity index is 4.26. The fourth-order valence-corrected chi connectivity index (χ4v) is 9.23. The highest BCUT2D eigenvalue weighted by Crippen LogP contribution is 2.16. The van der Waals surface area contributed by atoms with Gasteiger partial charge in [-0.15, -0.1) is 0 Å². The van der Waals surface area contributed by atoms with Crippen LogP contribution in [0.25, 0.3) is 0 Å². The van der Waals surface area contributed by atoms with Crippen LogP contribution < -0.4 is 0 Å². The molecule has 0 N–H and O–H groups in total. The Morgan fingerprint density at radius 3 is 0.974 bits per heavy atom. The summed E-state index contributed by atoms with van der Waals surface area (Å²) >= 11 is 0. The number of unbranched alkanes of at least 4 members (excludes halogenated alkanes) is 27. The minimum absolute atomic E-state index is 0.0976. The van der Waals surface area contributed by atoms with Gasteiger partial charge in [-0.1, -0.05) is 216 Å². The van der Waals surface area contributed by atoms with Crippen molar-refractivity contribution in [2.45, 2.75) is 310 Å². The van der Waals surface area contributed by atoms with E-state index in [1.165, 1.54) is 193 Å². The van der Waals surface area contributed by atoms with Gasteiger partial charge in [0.05, 0.1) is 0 Å². The average molecular weight is 1080 g/mol. The number of ether oxygens (including phenoxy) is 6. The molecule has 0 amide bonds. The van der Waals surface area contributed by atoms with Crippen LogP contribution in [0.3, 0.4) is 0 Å². The summed E-state index contributed by atoms with van der Waals surface area (Å²) in [6.07, 6.45) is 78.2. The maximum absolute atomic E-state index is 13.0. The van der Waals surface area contributed by atoms with Crippen LogP contribution >= 0.6 is 0 Å². The minimum Gasteiger partial charge on any atom is -0.462 e. The molecule has 0 bridgehead atoms. The fourth-order valence-electron chi connectivity index (χ4n) is 9.23. The molecule has 0 aromatic rings. The number of carbonyl (C=O) groups is 1. The monoisotopic (exact) mass is 1080 g/mol. The van der Waals surface area contributed by atoms with Gasteiger partial charge in [0, 0.05) is 46.1 Å². The Labute approximate surface area is 479 Å². The lowest BCUT2D eigenvalue weighted by molar-refractivity contribution is -0.150. The quantitative estimate of drug-likeness (QED) is 0.0260. The van der Waals surface area contributed by atoms with Gasteiger partial charge in [-0.2, -0.15) is 0 Å². The summed E-state index contributed by atoms with van der Waals surface area (Å²) in [6, 6.07) is 0. The van der Waals surface area contributed by atoms with Gasteiger partial charge in [-0.25, -0.2) is 0 Å². The van der Waals surface area contributed by atoms with E-state index in [1.807, 2.05) is 0 Å². The van der Waals surface area contributed by atoms with E-state index in [0.717, 1.165) is 103 Å². The second kappa shape index (κ2) is 68.0. The first-order chi connectivity index (χ1) is 38.1. The number of carbonyl (C=O) groups excluding carboxylic acids is 1. The maximum Gasteiger partial charge on any atom is 0.306 e. The third kappa shape index (κ3) is 66.1. The molecular formula is C70H128O7. The van der Waals surface area contributed by atoms with Gasteiger partial charge in [-0.05, 0) is 160 Å². The van der Waals surface area contributed by atoms with E-state index in [-0.39, 0.29) is 12.1 Å². The summed E-state index contributed by atoms with van der Waals surface area (Å²) in [7, 11) is 0. The molecule has 0 aromatic carbocycles. The zero-order valence-corrected chi connectivity index (χ0v) is 51.5. The number of hydrogen-bond donors (Lipinski definition) is 0. The van der Waals surface area contributed by atoms with Gasteiger partial charge < -0.3 is 28.4 Å². The molecule has 0 saturated carbocycles. The van der Waals surface area contributed by atoms with Crippen LogP contribution in [0.4, 0.5) is 0 Å². The molecule has 7 heteroatoms. The van der Waals surface area contributed by atoms with Gasteiger partial charge >= 0.3 is 5.97 Å². The standard InChI is InChI=1S/C70H128O7/c1-5-8-11-14-17-20-23-26-29-32-35-38-41-44-47-50-60-72-65-68(4)56-53-59-70(71)77-69(57-54-63-75-66-73-61-51-48-45-42-39-36-33-30-27-24-21-18-15-12-9-6-2)58-55-64-76-67-74-62-52-49-46-43-40-37-34-31-28-25-22-19-16-13-10-7-3/h17-22,26-31,68-69H,5-16,23-25,32-67H2,1-4H3/b20-17-,21-18-,22-19-,29-26-,30-27-,31-28-. The topological polar surface area (TPSA) is 72.5 Å². The lowest BCUT2D eigenvalue weighted by Gasteiger charge is -2.19. The van der Waals surface area contributed by atoms with E-state index in [1.54, 1.807) is 0 Å². The Kier molecular flexibility index (Phi) is 66.0. The lowest BCUT2D eigenvalue weighted by atomic mass is 10.1. The van der Waals surface area contributed by atoms with Crippen LogP contribution in [0, 0.1) is 5.92 Å². The molecule has 0 spiro atoms. The maximum atomic E-state index is 13.0. The molecule has 1 unspecified atom stereocenters. The second-order valence-electron chi connectivity index (χ2n) is 22.1. The largest absolute Gasteiger partial charge is 0.462 e. The molecule has 0 fully saturated rings. The van der Waals surface area contributed by atoms with E-state index in [9.17, 15) is 4.79 Å². The third-order valence-corrected chi connectivity index (χ3v) is 14.2. The first-order valence-corrected chi connectivity index (χ1v) is 33.1. The molecule has 1 atom stereocenters. The van der Waals surface area contributed by atoms with E-state index in [4.69, 9.17) is 28.4 Å². The van der Waals surface area contributed by atoms with E-state index >= 15 is 0 Å². The normalized spacial score (nSPS) is 12.8. The van der Waals surface area contributed by atoms with Crippen molar-refractivity contribution in [1.29, 1.82) is 0 Å². The van der Waals surface area contributed by atoms with Crippen LogP contribution in [0.1, 0.15) is 304 Å². The molecule has 0 rings (SSSR count). The van der Waals surface area contributed by atoms with Gasteiger partial charge in [0.15, 0.2) is 0 Å².